The standard InChI is InChI=1S/C12H14FNO4/c1-7-3-4-9(5-10(7)13)18-6-11(12(16)17)14-8(2)15/h3-5,11H,6H2,1-2H3,(H,14,15)(H,16,17). The quantitative estimate of drug-likeness (QED) is 0.826. The summed E-state index contributed by atoms with van der Waals surface area (Å²) in [5.74, 6) is -1.90. The van der Waals surface area contributed by atoms with Crippen LogP contribution in [0.3, 0.4) is 0 Å². The molecule has 1 aromatic rings. The fraction of sp³-hybridized carbons (Fsp3) is 0.333. The highest BCUT2D eigenvalue weighted by Gasteiger charge is 2.19. The number of carboxylic acids is 1. The molecule has 0 radical (unpaired) electrons. The van der Waals surface area contributed by atoms with Gasteiger partial charge in [0.1, 0.15) is 18.2 Å². The van der Waals surface area contributed by atoms with Crippen molar-refractivity contribution in [3.05, 3.63) is 29.6 Å². The Balaban J connectivity index is 2.64. The van der Waals surface area contributed by atoms with Crippen LogP contribution in [0.15, 0.2) is 18.2 Å². The van der Waals surface area contributed by atoms with Crippen molar-refractivity contribution in [2.24, 2.45) is 0 Å². The topological polar surface area (TPSA) is 75.6 Å². The van der Waals surface area contributed by atoms with E-state index in [1.807, 2.05) is 0 Å². The minimum absolute atomic E-state index is 0.217. The number of carboxylic acid groups (broad SMARTS) is 1. The number of nitrogens with one attached hydrogen (secondary N) is 1. The number of aryl methyl sites for hydroxylation is 1. The second-order valence-corrected chi connectivity index (χ2v) is 3.81. The second-order valence-electron chi connectivity index (χ2n) is 3.81. The highest BCUT2D eigenvalue weighted by Crippen LogP contribution is 2.15. The van der Waals surface area contributed by atoms with Crippen molar-refractivity contribution in [3.8, 4) is 5.75 Å². The molecule has 1 unspecified atom stereocenters. The Morgan fingerprint density at radius 2 is 2.17 bits per heavy atom. The van der Waals surface area contributed by atoms with Crippen molar-refractivity contribution in [3.63, 3.8) is 0 Å². The number of carbonyl (C=O) groups is 2. The second kappa shape index (κ2) is 6.00. The van der Waals surface area contributed by atoms with Crippen LogP contribution in [0.25, 0.3) is 0 Å². The molecule has 2 N–H and O–H groups in total. The molecule has 98 valence electrons. The lowest BCUT2D eigenvalue weighted by molar-refractivity contribution is -0.142. The maximum atomic E-state index is 13.2. The Hall–Kier alpha value is -2.11. The van der Waals surface area contributed by atoms with Gasteiger partial charge in [0, 0.05) is 13.0 Å². The first-order valence-corrected chi connectivity index (χ1v) is 5.29. The first kappa shape index (κ1) is 14.0. The van der Waals surface area contributed by atoms with Gasteiger partial charge in [0.15, 0.2) is 6.04 Å². The molecule has 5 nitrogen and oxygen atoms in total. The molecule has 0 aromatic heterocycles. The normalized spacial score (nSPS) is 11.7. The molecule has 6 heteroatoms. The highest BCUT2D eigenvalue weighted by atomic mass is 19.1. The SMILES string of the molecule is CC(=O)NC(COc1ccc(C)c(F)c1)C(=O)O. The van der Waals surface area contributed by atoms with Gasteiger partial charge in [0.25, 0.3) is 0 Å². The Labute approximate surface area is 104 Å². The maximum absolute atomic E-state index is 13.2. The zero-order chi connectivity index (χ0) is 13.7. The number of benzene rings is 1. The van der Waals surface area contributed by atoms with Crippen LogP contribution in [0.2, 0.25) is 0 Å². The van der Waals surface area contributed by atoms with E-state index < -0.39 is 23.7 Å². The van der Waals surface area contributed by atoms with Crippen molar-refractivity contribution in [2.75, 3.05) is 6.61 Å². The molecule has 0 aliphatic rings. The van der Waals surface area contributed by atoms with Crippen molar-refractivity contribution >= 4 is 11.9 Å². The van der Waals surface area contributed by atoms with Gasteiger partial charge in [-0.05, 0) is 18.6 Å². The molecule has 0 aliphatic carbocycles. The molecule has 0 bridgehead atoms. The van der Waals surface area contributed by atoms with Crippen LogP contribution in [-0.2, 0) is 9.59 Å². The molecule has 0 spiro atoms. The molecule has 0 saturated heterocycles. The minimum Gasteiger partial charge on any atom is -0.491 e. The van der Waals surface area contributed by atoms with Gasteiger partial charge in [-0.1, -0.05) is 6.07 Å². The molecule has 18 heavy (non-hydrogen) atoms. The number of halogens is 1. The molecule has 0 heterocycles. The first-order chi connectivity index (χ1) is 8.40. The summed E-state index contributed by atoms with van der Waals surface area (Å²) in [5, 5.41) is 11.0. The summed E-state index contributed by atoms with van der Waals surface area (Å²) in [7, 11) is 0. The van der Waals surface area contributed by atoms with E-state index >= 15 is 0 Å². The lowest BCUT2D eigenvalue weighted by atomic mass is 10.2. The zero-order valence-corrected chi connectivity index (χ0v) is 10.1. The Morgan fingerprint density at radius 3 is 2.67 bits per heavy atom. The number of rotatable bonds is 5. The van der Waals surface area contributed by atoms with Gasteiger partial charge in [-0.2, -0.15) is 0 Å². The van der Waals surface area contributed by atoms with Crippen LogP contribution in [0.5, 0.6) is 5.75 Å². The van der Waals surface area contributed by atoms with Crippen LogP contribution in [0.1, 0.15) is 12.5 Å². The molecule has 1 atom stereocenters. The summed E-state index contributed by atoms with van der Waals surface area (Å²) >= 11 is 0. The first-order valence-electron chi connectivity index (χ1n) is 5.29. The third-order valence-corrected chi connectivity index (χ3v) is 2.24. The fourth-order valence-corrected chi connectivity index (χ4v) is 1.26. The zero-order valence-electron chi connectivity index (χ0n) is 10.1. The van der Waals surface area contributed by atoms with E-state index in [9.17, 15) is 14.0 Å². The molecular weight excluding hydrogens is 241 g/mol. The number of hydrogen-bond acceptors (Lipinski definition) is 3. The van der Waals surface area contributed by atoms with Gasteiger partial charge >= 0.3 is 5.97 Å². The number of aliphatic carboxylic acids is 1. The van der Waals surface area contributed by atoms with E-state index in [1.165, 1.54) is 25.1 Å². The molecule has 0 fully saturated rings. The van der Waals surface area contributed by atoms with E-state index in [4.69, 9.17) is 9.84 Å². The predicted molar refractivity (Wildman–Crippen MR) is 61.9 cm³/mol. The van der Waals surface area contributed by atoms with E-state index in [-0.39, 0.29) is 12.4 Å². The third kappa shape index (κ3) is 4.04. The highest BCUT2D eigenvalue weighted by molar-refractivity contribution is 5.82. The summed E-state index contributed by atoms with van der Waals surface area (Å²) in [6.45, 7) is 2.55. The van der Waals surface area contributed by atoms with Crippen molar-refractivity contribution in [1.82, 2.24) is 5.32 Å². The number of hydrogen-bond donors (Lipinski definition) is 2. The van der Waals surface area contributed by atoms with E-state index in [0.29, 0.717) is 5.56 Å². The average Bonchev–Trinajstić information content (AvgIpc) is 2.28. The largest absolute Gasteiger partial charge is 0.491 e. The van der Waals surface area contributed by atoms with Gasteiger partial charge in [-0.3, -0.25) is 4.79 Å². The summed E-state index contributed by atoms with van der Waals surface area (Å²) in [4.78, 5) is 21.6. The molecule has 1 amide bonds. The van der Waals surface area contributed by atoms with Crippen LogP contribution < -0.4 is 10.1 Å². The van der Waals surface area contributed by atoms with E-state index in [1.54, 1.807) is 6.92 Å². The van der Waals surface area contributed by atoms with Crippen molar-refractivity contribution in [2.45, 2.75) is 19.9 Å². The predicted octanol–water partition coefficient (Wildman–Crippen LogP) is 1.10. The Morgan fingerprint density at radius 1 is 1.50 bits per heavy atom. The lowest BCUT2D eigenvalue weighted by Gasteiger charge is -2.14. The van der Waals surface area contributed by atoms with Gasteiger partial charge in [0.2, 0.25) is 5.91 Å². The van der Waals surface area contributed by atoms with Crippen LogP contribution in [0.4, 0.5) is 4.39 Å². The molecule has 1 aromatic carbocycles. The van der Waals surface area contributed by atoms with E-state index in [2.05, 4.69) is 5.32 Å². The van der Waals surface area contributed by atoms with Gasteiger partial charge < -0.3 is 15.2 Å². The molecule has 0 aliphatic heterocycles. The van der Waals surface area contributed by atoms with Gasteiger partial charge in [-0.25, -0.2) is 9.18 Å². The van der Waals surface area contributed by atoms with Gasteiger partial charge in [0.05, 0.1) is 0 Å². The minimum atomic E-state index is -1.21. The van der Waals surface area contributed by atoms with Crippen LogP contribution in [0, 0.1) is 12.7 Å². The third-order valence-electron chi connectivity index (χ3n) is 2.24. The van der Waals surface area contributed by atoms with Crippen molar-refractivity contribution < 1.29 is 23.8 Å². The monoisotopic (exact) mass is 255 g/mol. The summed E-state index contributed by atoms with van der Waals surface area (Å²) in [6, 6.07) is 3.07. The smallest absolute Gasteiger partial charge is 0.329 e. The van der Waals surface area contributed by atoms with Gasteiger partial charge in [-0.15, -0.1) is 0 Å². The maximum Gasteiger partial charge on any atom is 0.329 e. The number of carbonyl (C=O) groups excluding carboxylic acids is 1. The van der Waals surface area contributed by atoms with Crippen LogP contribution >= 0.6 is 0 Å². The number of ether oxygens (including phenoxy) is 1. The average molecular weight is 255 g/mol. The lowest BCUT2D eigenvalue weighted by Crippen LogP contribution is -2.43. The van der Waals surface area contributed by atoms with E-state index in [0.717, 1.165) is 0 Å². The van der Waals surface area contributed by atoms with Crippen molar-refractivity contribution in [1.29, 1.82) is 0 Å². The fourth-order valence-electron chi connectivity index (χ4n) is 1.26. The van der Waals surface area contributed by atoms with Crippen LogP contribution in [-0.4, -0.2) is 29.6 Å². The summed E-state index contributed by atoms with van der Waals surface area (Å²) in [6.07, 6.45) is 0. The Bertz CT molecular complexity index is 461. The summed E-state index contributed by atoms with van der Waals surface area (Å²) < 4.78 is 18.3. The molecule has 0 saturated carbocycles. The Kier molecular flexibility index (Phi) is 4.65. The summed E-state index contributed by atoms with van der Waals surface area (Å²) in [5.41, 5.74) is 0.471. The molecular formula is C12H14FNO4. The number of amides is 1. The molecule has 1 rings (SSSR count).